The van der Waals surface area contributed by atoms with Crippen LogP contribution in [0.4, 0.5) is 5.69 Å². The third kappa shape index (κ3) is 3.86. The van der Waals surface area contributed by atoms with Crippen LogP contribution in [0.2, 0.25) is 5.02 Å². The molecule has 3 N–H and O–H groups in total. The van der Waals surface area contributed by atoms with Gasteiger partial charge in [-0.1, -0.05) is 36.7 Å². The highest BCUT2D eigenvalue weighted by molar-refractivity contribution is 6.31. The number of carbonyl (C=O) groups excluding carboxylic acids is 1. The van der Waals surface area contributed by atoms with Crippen molar-refractivity contribution in [2.45, 2.75) is 31.2 Å². The van der Waals surface area contributed by atoms with E-state index in [0.29, 0.717) is 16.5 Å². The van der Waals surface area contributed by atoms with E-state index in [0.717, 1.165) is 18.5 Å². The lowest BCUT2D eigenvalue weighted by molar-refractivity contribution is 0.102. The van der Waals surface area contributed by atoms with E-state index in [9.17, 15) is 4.79 Å². The second-order valence-electron chi connectivity index (χ2n) is 5.93. The van der Waals surface area contributed by atoms with Crippen molar-refractivity contribution in [1.82, 2.24) is 0 Å². The molecule has 0 aliphatic heterocycles. The zero-order valence-electron chi connectivity index (χ0n) is 12.9. The number of nitrogens with one attached hydrogen (secondary N) is 1. The Balaban J connectivity index is 0.00000192. The van der Waals surface area contributed by atoms with Crippen LogP contribution in [-0.2, 0) is 0 Å². The average Bonchev–Trinajstić information content (AvgIpc) is 3.20. The van der Waals surface area contributed by atoms with Crippen LogP contribution in [0.1, 0.15) is 41.6 Å². The van der Waals surface area contributed by atoms with Crippen LogP contribution in [0, 0.1) is 0 Å². The minimum absolute atomic E-state index is 0. The molecule has 1 amide bonds. The molecular formula is C18H20Cl2N2O. The topological polar surface area (TPSA) is 55.1 Å². The summed E-state index contributed by atoms with van der Waals surface area (Å²) in [4.78, 5) is 12.3. The summed E-state index contributed by atoms with van der Waals surface area (Å²) in [6.45, 7) is 2.12. The van der Waals surface area contributed by atoms with Gasteiger partial charge in [-0.2, -0.15) is 0 Å². The summed E-state index contributed by atoms with van der Waals surface area (Å²) in [6.07, 6.45) is 1.98. The molecule has 2 aromatic rings. The standard InChI is InChI=1S/C18H19ClN2O.ClH/c1-2-18(20)11-16(18)12-5-4-8-15(10-12)21-17(22)13-6-3-7-14(19)9-13;/h3-10,16H,2,11,20H2,1H3,(H,21,22);1H. The van der Waals surface area contributed by atoms with Crippen molar-refractivity contribution < 1.29 is 4.79 Å². The lowest BCUT2D eigenvalue weighted by Crippen LogP contribution is -2.22. The molecule has 2 unspecified atom stereocenters. The van der Waals surface area contributed by atoms with Gasteiger partial charge in [-0.25, -0.2) is 0 Å². The minimum Gasteiger partial charge on any atom is -0.325 e. The van der Waals surface area contributed by atoms with Crippen molar-refractivity contribution >= 4 is 35.6 Å². The molecule has 1 aliphatic rings. The van der Waals surface area contributed by atoms with Gasteiger partial charge < -0.3 is 11.1 Å². The lowest BCUT2D eigenvalue weighted by atomic mass is 10.0. The van der Waals surface area contributed by atoms with Gasteiger partial charge in [0, 0.05) is 27.7 Å². The van der Waals surface area contributed by atoms with Gasteiger partial charge in [-0.05, 0) is 48.7 Å². The number of carbonyl (C=O) groups is 1. The average molecular weight is 351 g/mol. The Morgan fingerprint density at radius 2 is 2.04 bits per heavy atom. The Morgan fingerprint density at radius 1 is 1.30 bits per heavy atom. The van der Waals surface area contributed by atoms with E-state index in [1.54, 1.807) is 24.3 Å². The van der Waals surface area contributed by atoms with E-state index < -0.39 is 0 Å². The molecule has 1 fully saturated rings. The van der Waals surface area contributed by atoms with Gasteiger partial charge in [0.25, 0.3) is 5.91 Å². The molecule has 0 bridgehead atoms. The molecule has 1 aliphatic carbocycles. The summed E-state index contributed by atoms with van der Waals surface area (Å²) < 4.78 is 0. The second kappa shape index (κ2) is 6.91. The first-order valence-corrected chi connectivity index (χ1v) is 7.85. The van der Waals surface area contributed by atoms with Crippen LogP contribution in [0.25, 0.3) is 0 Å². The molecule has 0 spiro atoms. The minimum atomic E-state index is -0.162. The zero-order chi connectivity index (χ0) is 15.7. The van der Waals surface area contributed by atoms with E-state index >= 15 is 0 Å². The molecule has 23 heavy (non-hydrogen) atoms. The summed E-state index contributed by atoms with van der Waals surface area (Å²) in [5.41, 5.74) is 8.73. The molecule has 2 atom stereocenters. The molecule has 0 radical (unpaired) electrons. The summed E-state index contributed by atoms with van der Waals surface area (Å²) in [7, 11) is 0. The first-order chi connectivity index (χ1) is 10.5. The smallest absolute Gasteiger partial charge is 0.255 e. The van der Waals surface area contributed by atoms with Crippen LogP contribution in [0.3, 0.4) is 0 Å². The van der Waals surface area contributed by atoms with Gasteiger partial charge in [-0.15, -0.1) is 12.4 Å². The highest BCUT2D eigenvalue weighted by Gasteiger charge is 2.49. The van der Waals surface area contributed by atoms with Crippen molar-refractivity contribution in [3.05, 3.63) is 64.7 Å². The fraction of sp³-hybridized carbons (Fsp3) is 0.278. The second-order valence-corrected chi connectivity index (χ2v) is 6.37. The Kier molecular flexibility index (Phi) is 5.35. The van der Waals surface area contributed by atoms with E-state index in [1.807, 2.05) is 18.2 Å². The number of hydrogen-bond acceptors (Lipinski definition) is 2. The number of benzene rings is 2. The number of anilines is 1. The third-order valence-corrected chi connectivity index (χ3v) is 4.65. The molecule has 0 saturated heterocycles. The molecule has 3 rings (SSSR count). The van der Waals surface area contributed by atoms with Gasteiger partial charge in [0.1, 0.15) is 0 Å². The maximum atomic E-state index is 12.3. The van der Waals surface area contributed by atoms with Crippen LogP contribution in [-0.4, -0.2) is 11.4 Å². The number of halogens is 2. The number of hydrogen-bond donors (Lipinski definition) is 2. The number of amides is 1. The Hall–Kier alpha value is -1.55. The summed E-state index contributed by atoms with van der Waals surface area (Å²) >= 11 is 5.92. The fourth-order valence-electron chi connectivity index (χ4n) is 2.83. The molecule has 1 saturated carbocycles. The van der Waals surface area contributed by atoms with Crippen molar-refractivity contribution in [1.29, 1.82) is 0 Å². The Labute approximate surface area is 147 Å². The molecular weight excluding hydrogens is 331 g/mol. The van der Waals surface area contributed by atoms with Crippen LogP contribution < -0.4 is 11.1 Å². The summed E-state index contributed by atoms with van der Waals surface area (Å²) in [5, 5.41) is 3.47. The van der Waals surface area contributed by atoms with E-state index in [4.69, 9.17) is 17.3 Å². The molecule has 0 aromatic heterocycles. The van der Waals surface area contributed by atoms with Crippen LogP contribution in [0.5, 0.6) is 0 Å². The van der Waals surface area contributed by atoms with Gasteiger partial charge in [0.2, 0.25) is 0 Å². The van der Waals surface area contributed by atoms with E-state index in [2.05, 4.69) is 18.3 Å². The molecule has 3 nitrogen and oxygen atoms in total. The largest absolute Gasteiger partial charge is 0.325 e. The monoisotopic (exact) mass is 350 g/mol. The maximum absolute atomic E-state index is 12.3. The quantitative estimate of drug-likeness (QED) is 0.845. The van der Waals surface area contributed by atoms with Crippen molar-refractivity contribution in [3.63, 3.8) is 0 Å². The summed E-state index contributed by atoms with van der Waals surface area (Å²) in [6, 6.07) is 14.8. The van der Waals surface area contributed by atoms with Gasteiger partial charge in [0.05, 0.1) is 0 Å². The lowest BCUT2D eigenvalue weighted by Gasteiger charge is -2.10. The predicted molar refractivity (Wildman–Crippen MR) is 97.7 cm³/mol. The highest BCUT2D eigenvalue weighted by atomic mass is 35.5. The first kappa shape index (κ1) is 17.8. The van der Waals surface area contributed by atoms with Gasteiger partial charge in [-0.3, -0.25) is 4.79 Å². The van der Waals surface area contributed by atoms with Crippen molar-refractivity contribution in [2.75, 3.05) is 5.32 Å². The fourth-order valence-corrected chi connectivity index (χ4v) is 3.02. The van der Waals surface area contributed by atoms with Gasteiger partial charge in [0.15, 0.2) is 0 Å². The number of nitrogens with two attached hydrogens (primary N) is 1. The van der Waals surface area contributed by atoms with E-state index in [1.165, 1.54) is 5.56 Å². The van der Waals surface area contributed by atoms with E-state index in [-0.39, 0.29) is 23.9 Å². The van der Waals surface area contributed by atoms with Crippen molar-refractivity contribution in [3.8, 4) is 0 Å². The molecule has 2 aromatic carbocycles. The third-order valence-electron chi connectivity index (χ3n) is 4.41. The van der Waals surface area contributed by atoms with Crippen LogP contribution in [0.15, 0.2) is 48.5 Å². The van der Waals surface area contributed by atoms with Crippen LogP contribution >= 0.6 is 24.0 Å². The van der Waals surface area contributed by atoms with Gasteiger partial charge >= 0.3 is 0 Å². The SMILES string of the molecule is CCC1(N)CC1c1cccc(NC(=O)c2cccc(Cl)c2)c1.Cl. The number of rotatable bonds is 4. The highest BCUT2D eigenvalue weighted by Crippen LogP contribution is 2.51. The zero-order valence-corrected chi connectivity index (χ0v) is 14.5. The normalized spacial score (nSPS) is 22.1. The predicted octanol–water partition coefficient (Wildman–Crippen LogP) is 4.61. The molecule has 122 valence electrons. The Morgan fingerprint density at radius 3 is 2.70 bits per heavy atom. The maximum Gasteiger partial charge on any atom is 0.255 e. The first-order valence-electron chi connectivity index (χ1n) is 7.47. The molecule has 5 heteroatoms. The Bertz CT molecular complexity index is 720. The molecule has 0 heterocycles. The summed E-state index contributed by atoms with van der Waals surface area (Å²) in [5.74, 6) is 0.227. The van der Waals surface area contributed by atoms with Crippen molar-refractivity contribution in [2.24, 2.45) is 5.73 Å².